The van der Waals surface area contributed by atoms with E-state index in [-0.39, 0.29) is 29.7 Å². The number of aromatic nitrogens is 1. The second-order valence-corrected chi connectivity index (χ2v) is 7.50. The molecular formula is C23H23F2N3O2. The Morgan fingerprint density at radius 2 is 1.80 bits per heavy atom. The maximum Gasteiger partial charge on any atom is 0.241 e. The number of carbonyl (C=O) groups is 1. The Morgan fingerprint density at radius 3 is 2.53 bits per heavy atom. The van der Waals surface area contributed by atoms with Crippen LogP contribution in [0.5, 0.6) is 5.75 Å². The predicted molar refractivity (Wildman–Crippen MR) is 111 cm³/mol. The lowest BCUT2D eigenvalue weighted by molar-refractivity contribution is -0.121. The molecule has 0 aliphatic carbocycles. The fourth-order valence-corrected chi connectivity index (χ4v) is 3.70. The molecule has 0 radical (unpaired) electrons. The molecule has 0 bridgehead atoms. The van der Waals surface area contributed by atoms with Gasteiger partial charge in [0.1, 0.15) is 23.5 Å². The molecule has 1 unspecified atom stereocenters. The molecule has 156 valence electrons. The summed E-state index contributed by atoms with van der Waals surface area (Å²) in [7, 11) is 0. The van der Waals surface area contributed by atoms with E-state index in [0.717, 1.165) is 12.8 Å². The van der Waals surface area contributed by atoms with Crippen molar-refractivity contribution in [3.05, 3.63) is 66.4 Å². The third kappa shape index (κ3) is 4.57. The summed E-state index contributed by atoms with van der Waals surface area (Å²) < 4.78 is 32.8. The molecule has 1 amide bonds. The Labute approximate surface area is 173 Å². The monoisotopic (exact) mass is 411 g/mol. The number of amides is 1. The molecule has 1 saturated heterocycles. The van der Waals surface area contributed by atoms with E-state index in [2.05, 4.69) is 15.2 Å². The number of pyridine rings is 1. The van der Waals surface area contributed by atoms with Gasteiger partial charge in [0, 0.05) is 30.4 Å². The standard InChI is InChI=1S/C23H23F2N3O2/c1-15(23(29)27-18-5-2-16(24)3-6-18)28-12-9-19(10-13-28)30-22-8-11-26-21-7-4-17(25)14-20(21)22/h2-8,11,14-15,19H,9-10,12-13H2,1H3,(H,27,29). The smallest absolute Gasteiger partial charge is 0.241 e. The van der Waals surface area contributed by atoms with Crippen LogP contribution in [0.3, 0.4) is 0 Å². The van der Waals surface area contributed by atoms with E-state index >= 15 is 0 Å². The van der Waals surface area contributed by atoms with Crippen LogP contribution in [0.4, 0.5) is 14.5 Å². The molecule has 1 aliphatic heterocycles. The molecule has 4 rings (SSSR count). The summed E-state index contributed by atoms with van der Waals surface area (Å²) in [5.41, 5.74) is 1.26. The molecule has 1 fully saturated rings. The zero-order chi connectivity index (χ0) is 21.1. The van der Waals surface area contributed by atoms with Crippen LogP contribution < -0.4 is 10.1 Å². The number of rotatable bonds is 5. The fraction of sp³-hybridized carbons (Fsp3) is 0.304. The Kier molecular flexibility index (Phi) is 5.90. The molecule has 0 spiro atoms. The summed E-state index contributed by atoms with van der Waals surface area (Å²) in [5.74, 6) is -0.166. The summed E-state index contributed by atoms with van der Waals surface area (Å²) in [6, 6.07) is 11.6. The first kappa shape index (κ1) is 20.2. The van der Waals surface area contributed by atoms with Gasteiger partial charge in [-0.25, -0.2) is 8.78 Å². The van der Waals surface area contributed by atoms with E-state index in [1.807, 2.05) is 6.92 Å². The fourth-order valence-electron chi connectivity index (χ4n) is 3.70. The maximum absolute atomic E-state index is 13.6. The topological polar surface area (TPSA) is 54.5 Å². The Hall–Kier alpha value is -3.06. The molecule has 7 heteroatoms. The Balaban J connectivity index is 1.34. The van der Waals surface area contributed by atoms with Gasteiger partial charge in [-0.3, -0.25) is 14.7 Å². The van der Waals surface area contributed by atoms with Crippen molar-refractivity contribution in [2.45, 2.75) is 31.9 Å². The van der Waals surface area contributed by atoms with Crippen molar-refractivity contribution in [1.29, 1.82) is 0 Å². The lowest BCUT2D eigenvalue weighted by Crippen LogP contribution is -2.47. The molecule has 1 atom stereocenters. The van der Waals surface area contributed by atoms with E-state index in [4.69, 9.17) is 4.74 Å². The third-order valence-corrected chi connectivity index (χ3v) is 5.47. The summed E-state index contributed by atoms with van der Waals surface area (Å²) >= 11 is 0. The molecule has 1 aromatic heterocycles. The van der Waals surface area contributed by atoms with Crippen molar-refractivity contribution < 1.29 is 18.3 Å². The average Bonchev–Trinajstić information content (AvgIpc) is 2.76. The van der Waals surface area contributed by atoms with Crippen LogP contribution in [0.2, 0.25) is 0 Å². The summed E-state index contributed by atoms with van der Waals surface area (Å²) in [6.07, 6.45) is 3.16. The Morgan fingerprint density at radius 1 is 1.10 bits per heavy atom. The van der Waals surface area contributed by atoms with E-state index in [0.29, 0.717) is 35.4 Å². The van der Waals surface area contributed by atoms with Crippen LogP contribution in [0, 0.1) is 11.6 Å². The first-order chi connectivity index (χ1) is 14.5. The SMILES string of the molecule is CC(C(=O)Nc1ccc(F)cc1)N1CCC(Oc2ccnc3ccc(F)cc23)CC1. The normalized spacial score (nSPS) is 16.4. The number of likely N-dealkylation sites (tertiary alicyclic amines) is 1. The zero-order valence-electron chi connectivity index (χ0n) is 16.6. The highest BCUT2D eigenvalue weighted by Gasteiger charge is 2.27. The first-order valence-electron chi connectivity index (χ1n) is 10.0. The number of piperidine rings is 1. The minimum atomic E-state index is -0.340. The first-order valence-corrected chi connectivity index (χ1v) is 10.0. The molecule has 2 aromatic carbocycles. The zero-order valence-corrected chi connectivity index (χ0v) is 16.6. The second-order valence-electron chi connectivity index (χ2n) is 7.50. The van der Waals surface area contributed by atoms with E-state index in [1.165, 1.54) is 24.3 Å². The largest absolute Gasteiger partial charge is 0.490 e. The van der Waals surface area contributed by atoms with Gasteiger partial charge in [-0.1, -0.05) is 0 Å². The summed E-state index contributed by atoms with van der Waals surface area (Å²) in [5, 5.41) is 3.48. The average molecular weight is 411 g/mol. The lowest BCUT2D eigenvalue weighted by Gasteiger charge is -2.35. The molecule has 1 aliphatic rings. The van der Waals surface area contributed by atoms with Crippen LogP contribution in [0.25, 0.3) is 10.9 Å². The van der Waals surface area contributed by atoms with Gasteiger partial charge in [-0.2, -0.15) is 0 Å². The number of halogens is 2. The number of hydrogen-bond donors (Lipinski definition) is 1. The van der Waals surface area contributed by atoms with Gasteiger partial charge in [-0.15, -0.1) is 0 Å². The van der Waals surface area contributed by atoms with Crippen molar-refractivity contribution in [3.8, 4) is 5.75 Å². The van der Waals surface area contributed by atoms with Crippen molar-refractivity contribution in [3.63, 3.8) is 0 Å². The van der Waals surface area contributed by atoms with Crippen molar-refractivity contribution in [1.82, 2.24) is 9.88 Å². The number of fused-ring (bicyclic) bond motifs is 1. The van der Waals surface area contributed by atoms with Crippen molar-refractivity contribution in [2.75, 3.05) is 18.4 Å². The van der Waals surface area contributed by atoms with Crippen LogP contribution in [-0.2, 0) is 4.79 Å². The highest BCUT2D eigenvalue weighted by atomic mass is 19.1. The Bertz CT molecular complexity index is 1030. The minimum Gasteiger partial charge on any atom is -0.490 e. The quantitative estimate of drug-likeness (QED) is 0.677. The number of nitrogens with one attached hydrogen (secondary N) is 1. The minimum absolute atomic E-state index is 0.0116. The highest BCUT2D eigenvalue weighted by molar-refractivity contribution is 5.94. The van der Waals surface area contributed by atoms with Gasteiger partial charge >= 0.3 is 0 Å². The van der Waals surface area contributed by atoms with E-state index in [1.54, 1.807) is 30.5 Å². The van der Waals surface area contributed by atoms with E-state index < -0.39 is 0 Å². The third-order valence-electron chi connectivity index (χ3n) is 5.47. The predicted octanol–water partition coefficient (Wildman–Crippen LogP) is 4.38. The van der Waals surface area contributed by atoms with Crippen molar-refractivity contribution in [2.24, 2.45) is 0 Å². The molecule has 1 N–H and O–H groups in total. The molecule has 3 aromatic rings. The van der Waals surface area contributed by atoms with Gasteiger partial charge in [0.2, 0.25) is 5.91 Å². The number of anilines is 1. The number of carbonyl (C=O) groups excluding carboxylic acids is 1. The molecule has 30 heavy (non-hydrogen) atoms. The van der Waals surface area contributed by atoms with Gasteiger partial charge < -0.3 is 10.1 Å². The van der Waals surface area contributed by atoms with Crippen LogP contribution in [0.1, 0.15) is 19.8 Å². The van der Waals surface area contributed by atoms with Crippen molar-refractivity contribution >= 4 is 22.5 Å². The molecular weight excluding hydrogens is 388 g/mol. The number of nitrogens with zero attached hydrogens (tertiary/aromatic N) is 2. The van der Waals surface area contributed by atoms with Crippen LogP contribution in [-0.4, -0.2) is 41.0 Å². The number of hydrogen-bond acceptors (Lipinski definition) is 4. The summed E-state index contributed by atoms with van der Waals surface area (Å²) in [4.78, 5) is 18.9. The molecule has 2 heterocycles. The number of benzene rings is 2. The molecule has 5 nitrogen and oxygen atoms in total. The van der Waals surface area contributed by atoms with Gasteiger partial charge in [0.15, 0.2) is 0 Å². The van der Waals surface area contributed by atoms with E-state index in [9.17, 15) is 13.6 Å². The van der Waals surface area contributed by atoms with Crippen LogP contribution >= 0.6 is 0 Å². The maximum atomic E-state index is 13.6. The van der Waals surface area contributed by atoms with Gasteiger partial charge in [0.05, 0.1) is 11.6 Å². The summed E-state index contributed by atoms with van der Waals surface area (Å²) in [6.45, 7) is 3.28. The number of ether oxygens (including phenoxy) is 1. The lowest BCUT2D eigenvalue weighted by atomic mass is 10.1. The highest BCUT2D eigenvalue weighted by Crippen LogP contribution is 2.28. The van der Waals surface area contributed by atoms with Gasteiger partial charge in [0.25, 0.3) is 0 Å². The second kappa shape index (κ2) is 8.75. The molecule has 0 saturated carbocycles. The van der Waals surface area contributed by atoms with Gasteiger partial charge in [-0.05, 0) is 68.3 Å². The van der Waals surface area contributed by atoms with Crippen LogP contribution in [0.15, 0.2) is 54.7 Å².